The standard InChI is InChI=1S/C17H11N3O6/c1-10-13(6-3-7-15(10)20(24)25)16-18-14(17(21)26-16)9-11-4-2-5-12(8-11)19(22)23/h2-9H,1H3. The number of benzene rings is 2. The normalized spacial score (nSPS) is 14.9. The first kappa shape index (κ1) is 17.0. The van der Waals surface area contributed by atoms with Crippen molar-refractivity contribution in [3.05, 3.63) is 85.1 Å². The van der Waals surface area contributed by atoms with Crippen LogP contribution >= 0.6 is 0 Å². The number of carbonyl (C=O) groups is 1. The topological polar surface area (TPSA) is 125 Å². The molecule has 1 heterocycles. The third-order valence-corrected chi connectivity index (χ3v) is 3.74. The summed E-state index contributed by atoms with van der Waals surface area (Å²) >= 11 is 0. The molecule has 9 nitrogen and oxygen atoms in total. The average molecular weight is 353 g/mol. The van der Waals surface area contributed by atoms with Gasteiger partial charge in [0.05, 0.1) is 9.85 Å². The Morgan fingerprint density at radius 1 is 1.08 bits per heavy atom. The van der Waals surface area contributed by atoms with Gasteiger partial charge in [-0.25, -0.2) is 9.79 Å². The van der Waals surface area contributed by atoms with E-state index in [4.69, 9.17) is 4.74 Å². The van der Waals surface area contributed by atoms with Crippen LogP contribution in [0.4, 0.5) is 11.4 Å². The van der Waals surface area contributed by atoms with E-state index >= 15 is 0 Å². The maximum Gasteiger partial charge on any atom is 0.363 e. The number of carbonyl (C=O) groups excluding carboxylic acids is 1. The number of aliphatic imine (C=N–C) groups is 1. The third kappa shape index (κ3) is 3.18. The Labute approximate surface area is 146 Å². The zero-order valence-electron chi connectivity index (χ0n) is 13.4. The van der Waals surface area contributed by atoms with Crippen LogP contribution in [-0.2, 0) is 9.53 Å². The van der Waals surface area contributed by atoms with E-state index in [1.807, 2.05) is 0 Å². The third-order valence-electron chi connectivity index (χ3n) is 3.74. The summed E-state index contributed by atoms with van der Waals surface area (Å²) in [5.74, 6) is -0.787. The molecular formula is C17H11N3O6. The zero-order chi connectivity index (χ0) is 18.8. The molecule has 0 atom stereocenters. The van der Waals surface area contributed by atoms with E-state index in [0.29, 0.717) is 16.7 Å². The number of nitro benzene ring substituents is 2. The summed E-state index contributed by atoms with van der Waals surface area (Å²) in [6.07, 6.45) is 1.36. The molecule has 0 aromatic heterocycles. The van der Waals surface area contributed by atoms with E-state index in [9.17, 15) is 25.0 Å². The molecule has 0 spiro atoms. The summed E-state index contributed by atoms with van der Waals surface area (Å²) < 4.78 is 5.11. The number of ether oxygens (including phenoxy) is 1. The second kappa shape index (κ2) is 6.55. The first-order chi connectivity index (χ1) is 12.4. The van der Waals surface area contributed by atoms with E-state index in [1.54, 1.807) is 12.1 Å². The number of esters is 1. The van der Waals surface area contributed by atoms with E-state index in [2.05, 4.69) is 4.99 Å². The van der Waals surface area contributed by atoms with Crippen LogP contribution in [0.1, 0.15) is 16.7 Å². The van der Waals surface area contributed by atoms with Crippen LogP contribution < -0.4 is 0 Å². The second-order valence-corrected chi connectivity index (χ2v) is 5.39. The summed E-state index contributed by atoms with van der Waals surface area (Å²) in [6.45, 7) is 1.53. The van der Waals surface area contributed by atoms with Gasteiger partial charge in [-0.05, 0) is 24.6 Å². The van der Waals surface area contributed by atoms with Crippen LogP contribution in [-0.4, -0.2) is 21.7 Å². The van der Waals surface area contributed by atoms with Crippen molar-refractivity contribution < 1.29 is 19.4 Å². The minimum absolute atomic E-state index is 0.0483. The maximum absolute atomic E-state index is 12.0. The Morgan fingerprint density at radius 3 is 2.50 bits per heavy atom. The fourth-order valence-electron chi connectivity index (χ4n) is 2.46. The molecule has 2 aromatic rings. The van der Waals surface area contributed by atoms with Gasteiger partial charge in [0.25, 0.3) is 11.4 Å². The molecule has 3 rings (SSSR count). The molecule has 0 fully saturated rings. The number of rotatable bonds is 4. The van der Waals surface area contributed by atoms with Gasteiger partial charge >= 0.3 is 5.97 Å². The molecule has 1 aliphatic heterocycles. The maximum atomic E-state index is 12.0. The minimum atomic E-state index is -0.739. The molecule has 0 saturated heterocycles. The highest BCUT2D eigenvalue weighted by Crippen LogP contribution is 2.26. The molecule has 0 radical (unpaired) electrons. The van der Waals surface area contributed by atoms with Crippen molar-refractivity contribution in [2.45, 2.75) is 6.92 Å². The molecule has 1 aliphatic rings. The van der Waals surface area contributed by atoms with Crippen molar-refractivity contribution >= 4 is 29.3 Å². The largest absolute Gasteiger partial charge is 0.402 e. The Morgan fingerprint density at radius 2 is 1.81 bits per heavy atom. The number of non-ortho nitro benzene ring substituents is 1. The minimum Gasteiger partial charge on any atom is -0.402 e. The van der Waals surface area contributed by atoms with Gasteiger partial charge in [-0.15, -0.1) is 0 Å². The van der Waals surface area contributed by atoms with E-state index in [-0.39, 0.29) is 23.0 Å². The summed E-state index contributed by atoms with van der Waals surface area (Å²) in [4.78, 5) is 36.9. The second-order valence-electron chi connectivity index (χ2n) is 5.39. The number of nitrogens with zero attached hydrogens (tertiary/aromatic N) is 3. The lowest BCUT2D eigenvalue weighted by Crippen LogP contribution is -2.08. The van der Waals surface area contributed by atoms with Crippen LogP contribution in [0.15, 0.2) is 53.2 Å². The molecule has 0 aliphatic carbocycles. The average Bonchev–Trinajstić information content (AvgIpc) is 2.95. The van der Waals surface area contributed by atoms with Gasteiger partial charge in [0, 0.05) is 29.3 Å². The van der Waals surface area contributed by atoms with Crippen LogP contribution in [0, 0.1) is 27.2 Å². The summed E-state index contributed by atoms with van der Waals surface area (Å²) in [7, 11) is 0. The molecule has 0 saturated carbocycles. The molecule has 0 N–H and O–H groups in total. The molecule has 0 bridgehead atoms. The highest BCUT2D eigenvalue weighted by molar-refractivity contribution is 6.13. The zero-order valence-corrected chi connectivity index (χ0v) is 13.4. The van der Waals surface area contributed by atoms with Gasteiger partial charge in [-0.1, -0.05) is 18.2 Å². The Bertz CT molecular complexity index is 1010. The van der Waals surface area contributed by atoms with Crippen LogP contribution in [0.3, 0.4) is 0 Å². The molecule has 2 aromatic carbocycles. The Hall–Kier alpha value is -3.88. The number of hydrogen-bond donors (Lipinski definition) is 0. The van der Waals surface area contributed by atoms with Crippen molar-refractivity contribution in [1.82, 2.24) is 0 Å². The van der Waals surface area contributed by atoms with Crippen molar-refractivity contribution in [3.63, 3.8) is 0 Å². The molecule has 0 amide bonds. The SMILES string of the molecule is Cc1c(C2=NC(=Cc3cccc([N+](=O)[O-])c3)C(=O)O2)cccc1[N+](=O)[O-]. The smallest absolute Gasteiger partial charge is 0.363 e. The van der Waals surface area contributed by atoms with Crippen molar-refractivity contribution in [1.29, 1.82) is 0 Å². The lowest BCUT2D eigenvalue weighted by Gasteiger charge is -2.04. The first-order valence-electron chi connectivity index (χ1n) is 7.38. The molecule has 26 heavy (non-hydrogen) atoms. The van der Waals surface area contributed by atoms with Gasteiger partial charge in [-0.3, -0.25) is 20.2 Å². The highest BCUT2D eigenvalue weighted by atomic mass is 16.6. The van der Waals surface area contributed by atoms with Crippen molar-refractivity contribution in [3.8, 4) is 0 Å². The van der Waals surface area contributed by atoms with Gasteiger partial charge in [0.15, 0.2) is 5.70 Å². The molecule has 130 valence electrons. The molecule has 9 heteroatoms. The molecule has 0 unspecified atom stereocenters. The number of hydrogen-bond acceptors (Lipinski definition) is 7. The fourth-order valence-corrected chi connectivity index (χ4v) is 2.46. The monoisotopic (exact) mass is 353 g/mol. The van der Waals surface area contributed by atoms with Gasteiger partial charge < -0.3 is 4.74 Å². The predicted molar refractivity (Wildman–Crippen MR) is 91.5 cm³/mol. The van der Waals surface area contributed by atoms with Gasteiger partial charge in [0.1, 0.15) is 0 Å². The van der Waals surface area contributed by atoms with Gasteiger partial charge in [0.2, 0.25) is 5.90 Å². The van der Waals surface area contributed by atoms with Crippen LogP contribution in [0.2, 0.25) is 0 Å². The van der Waals surface area contributed by atoms with Crippen LogP contribution in [0.25, 0.3) is 6.08 Å². The Balaban J connectivity index is 2.00. The van der Waals surface area contributed by atoms with E-state index in [0.717, 1.165) is 0 Å². The van der Waals surface area contributed by atoms with E-state index < -0.39 is 15.8 Å². The van der Waals surface area contributed by atoms with Gasteiger partial charge in [-0.2, -0.15) is 0 Å². The van der Waals surface area contributed by atoms with Crippen LogP contribution in [0.5, 0.6) is 0 Å². The first-order valence-corrected chi connectivity index (χ1v) is 7.38. The highest BCUT2D eigenvalue weighted by Gasteiger charge is 2.27. The lowest BCUT2D eigenvalue weighted by molar-refractivity contribution is -0.385. The predicted octanol–water partition coefficient (Wildman–Crippen LogP) is 3.16. The van der Waals surface area contributed by atoms with Crippen molar-refractivity contribution in [2.75, 3.05) is 0 Å². The Kier molecular flexibility index (Phi) is 4.27. The summed E-state index contributed by atoms with van der Waals surface area (Å²) in [5.41, 5.74) is 0.774. The molecular weight excluding hydrogens is 342 g/mol. The van der Waals surface area contributed by atoms with Crippen molar-refractivity contribution in [2.24, 2.45) is 4.99 Å². The quantitative estimate of drug-likeness (QED) is 0.360. The summed E-state index contributed by atoms with van der Waals surface area (Å²) in [6, 6.07) is 10.1. The number of nitro groups is 2. The van der Waals surface area contributed by atoms with E-state index in [1.165, 1.54) is 43.3 Å². The summed E-state index contributed by atoms with van der Waals surface area (Å²) in [5, 5.41) is 21.9. The number of cyclic esters (lactones) is 1. The fraction of sp³-hybridized carbons (Fsp3) is 0.0588. The lowest BCUT2D eigenvalue weighted by atomic mass is 10.1.